The molecule has 0 aromatic rings. The molecular weight excluding hydrogens is 479 g/mol. The summed E-state index contributed by atoms with van der Waals surface area (Å²) < 4.78 is 18.8. The fourth-order valence-corrected chi connectivity index (χ4v) is 4.54. The van der Waals surface area contributed by atoms with E-state index in [1.807, 2.05) is 0 Å². The lowest BCUT2D eigenvalue weighted by Crippen LogP contribution is -2.28. The van der Waals surface area contributed by atoms with Gasteiger partial charge in [0.1, 0.15) is 0 Å². The minimum Gasteiger partial charge on any atom is -0.353 e. The van der Waals surface area contributed by atoms with Crippen LogP contribution in [0.2, 0.25) is 0 Å². The Hall–Kier alpha value is 0.460. The van der Waals surface area contributed by atoms with E-state index in [-0.39, 0.29) is 23.3 Å². The van der Waals surface area contributed by atoms with Gasteiger partial charge in [-0.05, 0) is 65.2 Å². The van der Waals surface area contributed by atoms with Crippen molar-refractivity contribution < 1.29 is 14.2 Å². The first-order valence-electron chi connectivity index (χ1n) is 15.2. The Kier molecular flexibility index (Phi) is 27.9. The third kappa shape index (κ3) is 27.3. The first-order valence-corrected chi connectivity index (χ1v) is 16.0. The highest BCUT2D eigenvalue weighted by molar-refractivity contribution is 6.20. The second kappa shape index (κ2) is 27.5. The van der Waals surface area contributed by atoms with Crippen molar-refractivity contribution in [3.8, 4) is 0 Å². The average molecular weight is 540 g/mol. The molecule has 4 atom stereocenters. The molecule has 4 unspecified atom stereocenters. The molecule has 0 spiro atoms. The van der Waals surface area contributed by atoms with Crippen molar-refractivity contribution in [1.29, 1.82) is 0 Å². The van der Waals surface area contributed by atoms with E-state index in [4.69, 9.17) is 37.4 Å². The number of unbranched alkanes of at least 4 members (excludes halogenated alkanes) is 12. The molecule has 0 heterocycles. The van der Waals surface area contributed by atoms with E-state index >= 15 is 0 Å². The number of halogens is 2. The Labute approximate surface area is 229 Å². The summed E-state index contributed by atoms with van der Waals surface area (Å²) in [6.07, 6.45) is 23.3. The van der Waals surface area contributed by atoms with Crippen LogP contribution in [0.15, 0.2) is 0 Å². The number of hydrogen-bond donors (Lipinski definition) is 0. The molecule has 0 aliphatic heterocycles. The van der Waals surface area contributed by atoms with Gasteiger partial charge in [-0.2, -0.15) is 0 Å². The van der Waals surface area contributed by atoms with Gasteiger partial charge in [-0.15, -0.1) is 23.2 Å². The van der Waals surface area contributed by atoms with E-state index in [1.165, 1.54) is 77.0 Å². The van der Waals surface area contributed by atoms with Gasteiger partial charge in [-0.25, -0.2) is 0 Å². The molecule has 0 aliphatic rings. The molecule has 0 saturated heterocycles. The SMILES string of the molecule is CCCCCCCCCOC(CCCC(C)Cl)OC(CCCC(C)Cl)OCCCCCCCCC. The van der Waals surface area contributed by atoms with Crippen LogP contribution in [-0.2, 0) is 14.2 Å². The largest absolute Gasteiger partial charge is 0.353 e. The van der Waals surface area contributed by atoms with Crippen molar-refractivity contribution in [1.82, 2.24) is 0 Å². The molecule has 35 heavy (non-hydrogen) atoms. The molecule has 5 heteroatoms. The smallest absolute Gasteiger partial charge is 0.160 e. The first-order chi connectivity index (χ1) is 17.0. The van der Waals surface area contributed by atoms with Crippen molar-refractivity contribution in [3.05, 3.63) is 0 Å². The summed E-state index contributed by atoms with van der Waals surface area (Å²) in [5, 5.41) is 0.377. The molecule has 3 nitrogen and oxygen atoms in total. The van der Waals surface area contributed by atoms with Gasteiger partial charge in [0.2, 0.25) is 0 Å². The molecule has 0 radical (unpaired) electrons. The van der Waals surface area contributed by atoms with Crippen LogP contribution < -0.4 is 0 Å². The number of ether oxygens (including phenoxy) is 3. The summed E-state index contributed by atoms with van der Waals surface area (Å²) in [4.78, 5) is 0. The Morgan fingerprint density at radius 1 is 0.457 bits per heavy atom. The Morgan fingerprint density at radius 2 is 0.800 bits per heavy atom. The van der Waals surface area contributed by atoms with E-state index in [9.17, 15) is 0 Å². The second-order valence-corrected chi connectivity index (χ2v) is 11.9. The maximum Gasteiger partial charge on any atom is 0.160 e. The average Bonchev–Trinajstić information content (AvgIpc) is 2.81. The van der Waals surface area contributed by atoms with Crippen molar-refractivity contribution in [3.63, 3.8) is 0 Å². The molecule has 212 valence electrons. The summed E-state index contributed by atoms with van der Waals surface area (Å²) in [5.41, 5.74) is 0. The summed E-state index contributed by atoms with van der Waals surface area (Å²) in [7, 11) is 0. The quantitative estimate of drug-likeness (QED) is 0.0562. The van der Waals surface area contributed by atoms with Gasteiger partial charge in [-0.1, -0.05) is 90.9 Å². The highest BCUT2D eigenvalue weighted by Gasteiger charge is 2.18. The fraction of sp³-hybridized carbons (Fsp3) is 1.00. The van der Waals surface area contributed by atoms with Crippen LogP contribution in [0.1, 0.15) is 156 Å². The maximum atomic E-state index is 6.40. The molecule has 0 aromatic heterocycles. The van der Waals surface area contributed by atoms with E-state index in [0.717, 1.165) is 64.6 Å². The van der Waals surface area contributed by atoms with E-state index in [2.05, 4.69) is 27.7 Å². The summed E-state index contributed by atoms with van der Waals surface area (Å²) in [5.74, 6) is 0. The minimum absolute atomic E-state index is 0.188. The van der Waals surface area contributed by atoms with Crippen LogP contribution in [0.5, 0.6) is 0 Å². The number of rotatable bonds is 28. The van der Waals surface area contributed by atoms with Crippen molar-refractivity contribution >= 4 is 23.2 Å². The molecule has 0 aromatic carbocycles. The van der Waals surface area contributed by atoms with E-state index < -0.39 is 0 Å². The van der Waals surface area contributed by atoms with Gasteiger partial charge in [0, 0.05) is 24.0 Å². The lowest BCUT2D eigenvalue weighted by Gasteiger charge is -2.26. The molecule has 0 aliphatic carbocycles. The van der Waals surface area contributed by atoms with Crippen molar-refractivity contribution in [2.75, 3.05) is 13.2 Å². The van der Waals surface area contributed by atoms with Crippen LogP contribution in [0, 0.1) is 0 Å². The van der Waals surface area contributed by atoms with Gasteiger partial charge in [0.05, 0.1) is 0 Å². The molecule has 0 fully saturated rings. The Balaban J connectivity index is 4.49. The lowest BCUT2D eigenvalue weighted by molar-refractivity contribution is -0.250. The van der Waals surface area contributed by atoms with Crippen LogP contribution in [0.25, 0.3) is 0 Å². The molecule has 0 bridgehead atoms. The van der Waals surface area contributed by atoms with Gasteiger partial charge in [0.25, 0.3) is 0 Å². The highest BCUT2D eigenvalue weighted by atomic mass is 35.5. The number of alkyl halides is 2. The molecular formula is C30H60Cl2O3. The van der Waals surface area contributed by atoms with Crippen molar-refractivity contribution in [2.24, 2.45) is 0 Å². The molecule has 0 N–H and O–H groups in total. The Bertz CT molecular complexity index is 371. The molecule has 0 rings (SSSR count). The topological polar surface area (TPSA) is 27.7 Å². The summed E-state index contributed by atoms with van der Waals surface area (Å²) >= 11 is 12.4. The summed E-state index contributed by atoms with van der Waals surface area (Å²) in [6.45, 7) is 10.2. The van der Waals surface area contributed by atoms with Gasteiger partial charge < -0.3 is 14.2 Å². The number of hydrogen-bond acceptors (Lipinski definition) is 3. The van der Waals surface area contributed by atoms with E-state index in [1.54, 1.807) is 0 Å². The predicted octanol–water partition coefficient (Wildman–Crippen LogP) is 10.8. The maximum absolute atomic E-state index is 6.40. The monoisotopic (exact) mass is 538 g/mol. The zero-order chi connectivity index (χ0) is 26.0. The predicted molar refractivity (Wildman–Crippen MR) is 155 cm³/mol. The lowest BCUT2D eigenvalue weighted by atomic mass is 10.1. The molecule has 0 amide bonds. The van der Waals surface area contributed by atoms with Crippen LogP contribution >= 0.6 is 23.2 Å². The third-order valence-corrected chi connectivity index (χ3v) is 6.93. The third-order valence-electron chi connectivity index (χ3n) is 6.49. The summed E-state index contributed by atoms with van der Waals surface area (Å²) in [6, 6.07) is 0. The fourth-order valence-electron chi connectivity index (χ4n) is 4.23. The van der Waals surface area contributed by atoms with E-state index in [0.29, 0.717) is 0 Å². The standard InChI is InChI=1S/C30H60Cl2O3/c1-5-7-9-11-13-15-17-25-33-29(23-19-21-27(3)31)35-30(24-20-22-28(4)32)34-26-18-16-14-12-10-8-6-2/h27-30H,5-26H2,1-4H3. The molecule has 0 saturated carbocycles. The highest BCUT2D eigenvalue weighted by Crippen LogP contribution is 2.19. The Morgan fingerprint density at radius 3 is 1.14 bits per heavy atom. The van der Waals surface area contributed by atoms with Gasteiger partial charge >= 0.3 is 0 Å². The first kappa shape index (κ1) is 35.5. The van der Waals surface area contributed by atoms with Crippen LogP contribution in [0.3, 0.4) is 0 Å². The van der Waals surface area contributed by atoms with Gasteiger partial charge in [0.15, 0.2) is 12.6 Å². The zero-order valence-corrected chi connectivity index (χ0v) is 25.4. The van der Waals surface area contributed by atoms with Crippen molar-refractivity contribution in [2.45, 2.75) is 179 Å². The zero-order valence-electron chi connectivity index (χ0n) is 23.8. The van der Waals surface area contributed by atoms with Crippen LogP contribution in [-0.4, -0.2) is 36.5 Å². The van der Waals surface area contributed by atoms with Gasteiger partial charge in [-0.3, -0.25) is 0 Å². The normalized spacial score (nSPS) is 15.3. The second-order valence-electron chi connectivity index (χ2n) is 10.4. The van der Waals surface area contributed by atoms with Crippen LogP contribution in [0.4, 0.5) is 0 Å². The minimum atomic E-state index is -0.210.